The zero-order valence-corrected chi connectivity index (χ0v) is 9.32. The summed E-state index contributed by atoms with van der Waals surface area (Å²) in [6, 6.07) is 6.94. The molecule has 1 aromatic rings. The van der Waals surface area contributed by atoms with E-state index in [1.807, 2.05) is 25.9 Å². The first-order valence-corrected chi connectivity index (χ1v) is 4.83. The highest BCUT2D eigenvalue weighted by Gasteiger charge is 2.14. The molecule has 0 heterocycles. The lowest BCUT2D eigenvalue weighted by Crippen LogP contribution is -2.37. The van der Waals surface area contributed by atoms with Gasteiger partial charge < -0.3 is 11.1 Å². The molecular weight excluding hydrogens is 190 g/mol. The molecule has 0 aromatic heterocycles. The summed E-state index contributed by atoms with van der Waals surface area (Å²) in [5.74, 6) is -0.0234. The number of hydrogen-bond acceptors (Lipinski definition) is 3. The van der Waals surface area contributed by atoms with Gasteiger partial charge in [-0.15, -0.1) is 0 Å². The van der Waals surface area contributed by atoms with Crippen molar-refractivity contribution in [3.05, 3.63) is 24.3 Å². The number of amides is 1. The molecule has 4 nitrogen and oxygen atoms in total. The van der Waals surface area contributed by atoms with Crippen molar-refractivity contribution < 1.29 is 4.79 Å². The minimum Gasteiger partial charge on any atom is -0.399 e. The van der Waals surface area contributed by atoms with Crippen LogP contribution in [0.4, 0.5) is 11.4 Å². The smallest absolute Gasteiger partial charge is 0.241 e. The first kappa shape index (κ1) is 11.5. The van der Waals surface area contributed by atoms with E-state index in [9.17, 15) is 4.79 Å². The zero-order chi connectivity index (χ0) is 11.4. The topological polar surface area (TPSA) is 58.4 Å². The summed E-state index contributed by atoms with van der Waals surface area (Å²) in [6.45, 7) is 1.85. The van der Waals surface area contributed by atoms with Crippen LogP contribution in [0.25, 0.3) is 0 Å². The summed E-state index contributed by atoms with van der Waals surface area (Å²) >= 11 is 0. The molecule has 0 saturated carbocycles. The predicted molar refractivity (Wildman–Crippen MR) is 62.6 cm³/mol. The van der Waals surface area contributed by atoms with Crippen LogP contribution in [0, 0.1) is 0 Å². The van der Waals surface area contributed by atoms with E-state index >= 15 is 0 Å². The van der Waals surface area contributed by atoms with E-state index in [1.165, 1.54) is 0 Å². The third kappa shape index (κ3) is 3.25. The summed E-state index contributed by atoms with van der Waals surface area (Å²) in [5, 5.41) is 2.81. The number of benzene rings is 1. The SMILES string of the molecule is CC(C(=O)Nc1ccc(N)cc1)N(C)C. The van der Waals surface area contributed by atoms with E-state index in [-0.39, 0.29) is 11.9 Å². The molecule has 4 heteroatoms. The van der Waals surface area contributed by atoms with Crippen molar-refractivity contribution >= 4 is 17.3 Å². The molecule has 0 aliphatic heterocycles. The van der Waals surface area contributed by atoms with Gasteiger partial charge in [-0.3, -0.25) is 9.69 Å². The highest BCUT2D eigenvalue weighted by atomic mass is 16.2. The van der Waals surface area contributed by atoms with Crippen LogP contribution in [-0.4, -0.2) is 30.9 Å². The van der Waals surface area contributed by atoms with Crippen LogP contribution in [-0.2, 0) is 4.79 Å². The van der Waals surface area contributed by atoms with Gasteiger partial charge in [0.2, 0.25) is 5.91 Å². The summed E-state index contributed by atoms with van der Waals surface area (Å²) in [6.07, 6.45) is 0. The van der Waals surface area contributed by atoms with Gasteiger partial charge in [0.15, 0.2) is 0 Å². The summed E-state index contributed by atoms with van der Waals surface area (Å²) in [4.78, 5) is 13.5. The fourth-order valence-electron chi connectivity index (χ4n) is 1.05. The van der Waals surface area contributed by atoms with Crippen LogP contribution in [0.3, 0.4) is 0 Å². The molecule has 15 heavy (non-hydrogen) atoms. The van der Waals surface area contributed by atoms with E-state index in [0.717, 1.165) is 5.69 Å². The van der Waals surface area contributed by atoms with Crippen molar-refractivity contribution in [1.82, 2.24) is 4.90 Å². The molecule has 1 atom stereocenters. The highest BCUT2D eigenvalue weighted by molar-refractivity contribution is 5.94. The lowest BCUT2D eigenvalue weighted by Gasteiger charge is -2.18. The molecule has 1 unspecified atom stereocenters. The van der Waals surface area contributed by atoms with Crippen LogP contribution in [0.2, 0.25) is 0 Å². The maximum absolute atomic E-state index is 11.7. The van der Waals surface area contributed by atoms with Crippen molar-refractivity contribution in [3.63, 3.8) is 0 Å². The Balaban J connectivity index is 2.62. The van der Waals surface area contributed by atoms with Crippen LogP contribution in [0.1, 0.15) is 6.92 Å². The molecule has 0 fully saturated rings. The molecule has 1 rings (SSSR count). The van der Waals surface area contributed by atoms with E-state index in [2.05, 4.69) is 5.32 Å². The molecule has 0 aliphatic rings. The molecular formula is C11H17N3O. The number of nitrogens with two attached hydrogens (primary N) is 1. The molecule has 1 aromatic carbocycles. The Morgan fingerprint density at radius 1 is 1.33 bits per heavy atom. The Hall–Kier alpha value is -1.55. The third-order valence-corrected chi connectivity index (χ3v) is 2.33. The van der Waals surface area contributed by atoms with Gasteiger partial charge in [0, 0.05) is 11.4 Å². The number of anilines is 2. The van der Waals surface area contributed by atoms with Crippen LogP contribution in [0.15, 0.2) is 24.3 Å². The summed E-state index contributed by atoms with van der Waals surface area (Å²) in [7, 11) is 3.74. The predicted octanol–water partition coefficient (Wildman–Crippen LogP) is 1.16. The van der Waals surface area contributed by atoms with Gasteiger partial charge >= 0.3 is 0 Å². The fraction of sp³-hybridized carbons (Fsp3) is 0.364. The normalized spacial score (nSPS) is 12.5. The lowest BCUT2D eigenvalue weighted by atomic mass is 10.2. The first-order chi connectivity index (χ1) is 7.00. The minimum atomic E-state index is -0.150. The van der Waals surface area contributed by atoms with Gasteiger partial charge in [-0.1, -0.05) is 0 Å². The number of carbonyl (C=O) groups excluding carboxylic acids is 1. The van der Waals surface area contributed by atoms with E-state index < -0.39 is 0 Å². The number of nitrogen functional groups attached to an aromatic ring is 1. The van der Waals surface area contributed by atoms with E-state index in [1.54, 1.807) is 24.3 Å². The number of hydrogen-bond donors (Lipinski definition) is 2. The highest BCUT2D eigenvalue weighted by Crippen LogP contribution is 2.11. The second kappa shape index (κ2) is 4.79. The third-order valence-electron chi connectivity index (χ3n) is 2.33. The van der Waals surface area contributed by atoms with Gasteiger partial charge in [-0.25, -0.2) is 0 Å². The molecule has 0 spiro atoms. The number of rotatable bonds is 3. The van der Waals surface area contributed by atoms with E-state index in [0.29, 0.717) is 5.69 Å². The van der Waals surface area contributed by atoms with Gasteiger partial charge in [0.25, 0.3) is 0 Å². The minimum absolute atomic E-state index is 0.0234. The average molecular weight is 207 g/mol. The Morgan fingerprint density at radius 3 is 2.33 bits per heavy atom. The Morgan fingerprint density at radius 2 is 1.87 bits per heavy atom. The molecule has 0 bridgehead atoms. The van der Waals surface area contributed by atoms with Gasteiger partial charge in [0.05, 0.1) is 6.04 Å². The fourth-order valence-corrected chi connectivity index (χ4v) is 1.05. The molecule has 0 aliphatic carbocycles. The molecule has 0 saturated heterocycles. The van der Waals surface area contributed by atoms with Crippen LogP contribution >= 0.6 is 0 Å². The number of likely N-dealkylation sites (N-methyl/N-ethyl adjacent to an activating group) is 1. The molecule has 82 valence electrons. The monoisotopic (exact) mass is 207 g/mol. The number of carbonyl (C=O) groups is 1. The quantitative estimate of drug-likeness (QED) is 0.731. The second-order valence-corrected chi connectivity index (χ2v) is 3.75. The van der Waals surface area contributed by atoms with Crippen molar-refractivity contribution in [1.29, 1.82) is 0 Å². The maximum Gasteiger partial charge on any atom is 0.241 e. The van der Waals surface area contributed by atoms with Crippen molar-refractivity contribution in [2.75, 3.05) is 25.1 Å². The van der Waals surface area contributed by atoms with Crippen LogP contribution < -0.4 is 11.1 Å². The summed E-state index contributed by atoms with van der Waals surface area (Å²) in [5.41, 5.74) is 7.00. The zero-order valence-electron chi connectivity index (χ0n) is 9.32. The number of nitrogens with one attached hydrogen (secondary N) is 1. The largest absolute Gasteiger partial charge is 0.399 e. The Labute approximate surface area is 90.1 Å². The molecule has 0 radical (unpaired) electrons. The van der Waals surface area contributed by atoms with Gasteiger partial charge in [-0.05, 0) is 45.3 Å². The maximum atomic E-state index is 11.7. The van der Waals surface area contributed by atoms with Crippen molar-refractivity contribution in [2.45, 2.75) is 13.0 Å². The average Bonchev–Trinajstić information content (AvgIpc) is 2.20. The van der Waals surface area contributed by atoms with Gasteiger partial charge in [-0.2, -0.15) is 0 Å². The standard InChI is InChI=1S/C11H17N3O/c1-8(14(2)3)11(15)13-10-6-4-9(12)5-7-10/h4-8H,12H2,1-3H3,(H,13,15). The Bertz CT molecular complexity index is 332. The van der Waals surface area contributed by atoms with Crippen molar-refractivity contribution in [3.8, 4) is 0 Å². The first-order valence-electron chi connectivity index (χ1n) is 4.83. The molecule has 1 amide bonds. The molecule has 3 N–H and O–H groups in total. The number of nitrogens with zero attached hydrogens (tertiary/aromatic N) is 1. The summed E-state index contributed by atoms with van der Waals surface area (Å²) < 4.78 is 0. The van der Waals surface area contributed by atoms with Gasteiger partial charge in [0.1, 0.15) is 0 Å². The van der Waals surface area contributed by atoms with Crippen LogP contribution in [0.5, 0.6) is 0 Å². The second-order valence-electron chi connectivity index (χ2n) is 3.75. The lowest BCUT2D eigenvalue weighted by molar-refractivity contribution is -0.119. The Kier molecular flexibility index (Phi) is 3.68. The van der Waals surface area contributed by atoms with Crippen molar-refractivity contribution in [2.24, 2.45) is 0 Å². The van der Waals surface area contributed by atoms with E-state index in [4.69, 9.17) is 5.73 Å².